The SMILES string of the molecule is CN(C)CC(C)(C)CNC(=O)N1CCC(C)(C(=O)O)C1. The number of likely N-dealkylation sites (tertiary alicyclic amines) is 1. The zero-order valence-corrected chi connectivity index (χ0v) is 13.2. The van der Waals surface area contributed by atoms with E-state index in [1.54, 1.807) is 11.8 Å². The van der Waals surface area contributed by atoms with Crippen molar-refractivity contribution in [1.82, 2.24) is 15.1 Å². The fourth-order valence-corrected chi connectivity index (χ4v) is 2.65. The average molecular weight is 285 g/mol. The number of urea groups is 1. The van der Waals surface area contributed by atoms with Crippen molar-refractivity contribution in [1.29, 1.82) is 0 Å². The summed E-state index contributed by atoms with van der Waals surface area (Å²) >= 11 is 0. The van der Waals surface area contributed by atoms with E-state index in [-0.39, 0.29) is 18.0 Å². The van der Waals surface area contributed by atoms with E-state index < -0.39 is 11.4 Å². The van der Waals surface area contributed by atoms with Crippen LogP contribution in [0, 0.1) is 10.8 Å². The second-order valence-electron chi connectivity index (χ2n) is 7.10. The van der Waals surface area contributed by atoms with Crippen LogP contribution < -0.4 is 5.32 Å². The lowest BCUT2D eigenvalue weighted by molar-refractivity contribution is -0.147. The molecule has 6 heteroatoms. The summed E-state index contributed by atoms with van der Waals surface area (Å²) in [6.45, 7) is 8.12. The highest BCUT2D eigenvalue weighted by Gasteiger charge is 2.42. The minimum absolute atomic E-state index is 0.0189. The summed E-state index contributed by atoms with van der Waals surface area (Å²) in [6, 6.07) is -0.165. The number of nitrogens with one attached hydrogen (secondary N) is 1. The zero-order chi connectivity index (χ0) is 15.6. The van der Waals surface area contributed by atoms with E-state index in [1.165, 1.54) is 0 Å². The largest absolute Gasteiger partial charge is 0.481 e. The number of carbonyl (C=O) groups is 2. The van der Waals surface area contributed by atoms with Crippen LogP contribution in [-0.2, 0) is 4.79 Å². The van der Waals surface area contributed by atoms with Crippen molar-refractivity contribution in [2.24, 2.45) is 10.8 Å². The number of rotatable bonds is 5. The first-order chi connectivity index (χ1) is 9.06. The Morgan fingerprint density at radius 2 is 2.00 bits per heavy atom. The van der Waals surface area contributed by atoms with E-state index in [4.69, 9.17) is 5.11 Å². The highest BCUT2D eigenvalue weighted by Crippen LogP contribution is 2.30. The van der Waals surface area contributed by atoms with Gasteiger partial charge >= 0.3 is 12.0 Å². The van der Waals surface area contributed by atoms with Gasteiger partial charge in [0.2, 0.25) is 0 Å². The van der Waals surface area contributed by atoms with Crippen LogP contribution in [0.4, 0.5) is 4.79 Å². The Hall–Kier alpha value is -1.30. The van der Waals surface area contributed by atoms with Gasteiger partial charge in [-0.2, -0.15) is 0 Å². The van der Waals surface area contributed by atoms with Gasteiger partial charge in [0.1, 0.15) is 0 Å². The number of hydrogen-bond acceptors (Lipinski definition) is 3. The van der Waals surface area contributed by atoms with Gasteiger partial charge in [0, 0.05) is 26.2 Å². The fraction of sp³-hybridized carbons (Fsp3) is 0.857. The predicted octanol–water partition coefficient (Wildman–Crippen LogP) is 1.08. The van der Waals surface area contributed by atoms with Crippen LogP contribution in [0.2, 0.25) is 0 Å². The molecule has 0 aliphatic carbocycles. The highest BCUT2D eigenvalue weighted by atomic mass is 16.4. The first-order valence-corrected chi connectivity index (χ1v) is 6.97. The number of carbonyl (C=O) groups excluding carboxylic acids is 1. The molecule has 1 aliphatic rings. The van der Waals surface area contributed by atoms with Crippen molar-refractivity contribution in [3.05, 3.63) is 0 Å². The molecular weight excluding hydrogens is 258 g/mol. The molecule has 1 heterocycles. The lowest BCUT2D eigenvalue weighted by Crippen LogP contribution is -2.46. The van der Waals surface area contributed by atoms with Crippen LogP contribution in [0.3, 0.4) is 0 Å². The van der Waals surface area contributed by atoms with Gasteiger partial charge in [-0.1, -0.05) is 13.8 Å². The molecule has 0 saturated carbocycles. The lowest BCUT2D eigenvalue weighted by atomic mass is 9.90. The number of aliphatic carboxylic acids is 1. The summed E-state index contributed by atoms with van der Waals surface area (Å²) in [4.78, 5) is 26.9. The fourth-order valence-electron chi connectivity index (χ4n) is 2.65. The van der Waals surface area contributed by atoms with E-state index in [2.05, 4.69) is 24.1 Å². The summed E-state index contributed by atoms with van der Waals surface area (Å²) in [5, 5.41) is 12.1. The highest BCUT2D eigenvalue weighted by molar-refractivity contribution is 5.79. The molecule has 6 nitrogen and oxygen atoms in total. The lowest BCUT2D eigenvalue weighted by Gasteiger charge is -2.29. The molecule has 0 aromatic heterocycles. The van der Waals surface area contributed by atoms with Crippen molar-refractivity contribution in [2.75, 3.05) is 40.3 Å². The molecule has 2 amide bonds. The van der Waals surface area contributed by atoms with Crippen LogP contribution in [0.5, 0.6) is 0 Å². The molecule has 2 N–H and O–H groups in total. The predicted molar refractivity (Wildman–Crippen MR) is 77.7 cm³/mol. The number of carboxylic acids is 1. The third kappa shape index (κ3) is 4.37. The van der Waals surface area contributed by atoms with E-state index in [0.717, 1.165) is 6.54 Å². The van der Waals surface area contributed by atoms with Crippen molar-refractivity contribution < 1.29 is 14.7 Å². The maximum Gasteiger partial charge on any atom is 0.317 e. The molecule has 1 atom stereocenters. The third-order valence-corrected chi connectivity index (χ3v) is 3.74. The molecule has 20 heavy (non-hydrogen) atoms. The van der Waals surface area contributed by atoms with E-state index in [0.29, 0.717) is 19.5 Å². The Balaban J connectivity index is 2.47. The molecule has 0 radical (unpaired) electrons. The smallest absolute Gasteiger partial charge is 0.317 e. The van der Waals surface area contributed by atoms with Gasteiger partial charge in [-0.15, -0.1) is 0 Å². The van der Waals surface area contributed by atoms with Gasteiger partial charge in [0.15, 0.2) is 0 Å². The third-order valence-electron chi connectivity index (χ3n) is 3.74. The van der Waals surface area contributed by atoms with Crippen LogP contribution in [-0.4, -0.2) is 67.2 Å². The van der Waals surface area contributed by atoms with Crippen molar-refractivity contribution in [3.8, 4) is 0 Å². The minimum Gasteiger partial charge on any atom is -0.481 e. The first kappa shape index (κ1) is 16.8. The molecule has 0 aromatic carbocycles. The Morgan fingerprint density at radius 3 is 2.45 bits per heavy atom. The molecular formula is C14H27N3O3. The Bertz CT molecular complexity index is 382. The Morgan fingerprint density at radius 1 is 1.40 bits per heavy atom. The second-order valence-corrected chi connectivity index (χ2v) is 7.10. The monoisotopic (exact) mass is 285 g/mol. The van der Waals surface area contributed by atoms with Crippen LogP contribution >= 0.6 is 0 Å². The molecule has 116 valence electrons. The molecule has 0 aromatic rings. The van der Waals surface area contributed by atoms with Gasteiger partial charge in [-0.3, -0.25) is 4.79 Å². The van der Waals surface area contributed by atoms with Gasteiger partial charge in [-0.05, 0) is 32.9 Å². The van der Waals surface area contributed by atoms with Gasteiger partial charge in [0.25, 0.3) is 0 Å². The molecule has 1 aliphatic heterocycles. The summed E-state index contributed by atoms with van der Waals surface area (Å²) in [5.74, 6) is -0.833. The van der Waals surface area contributed by atoms with Crippen LogP contribution in [0.25, 0.3) is 0 Å². The van der Waals surface area contributed by atoms with Gasteiger partial charge in [-0.25, -0.2) is 4.79 Å². The molecule has 1 rings (SSSR count). The minimum atomic E-state index is -0.833. The molecule has 1 unspecified atom stereocenters. The summed E-state index contributed by atoms with van der Waals surface area (Å²) in [5.41, 5.74) is -0.828. The Kier molecular flexibility index (Phi) is 5.02. The average Bonchev–Trinajstić information content (AvgIpc) is 2.69. The van der Waals surface area contributed by atoms with E-state index in [9.17, 15) is 9.59 Å². The number of nitrogens with zero attached hydrogens (tertiary/aromatic N) is 2. The number of amides is 2. The quantitative estimate of drug-likeness (QED) is 0.793. The van der Waals surface area contributed by atoms with Gasteiger partial charge < -0.3 is 20.2 Å². The molecule has 0 bridgehead atoms. The van der Waals surface area contributed by atoms with E-state index >= 15 is 0 Å². The summed E-state index contributed by atoms with van der Waals surface area (Å²) < 4.78 is 0. The van der Waals surface area contributed by atoms with Crippen molar-refractivity contribution in [2.45, 2.75) is 27.2 Å². The normalized spacial score (nSPS) is 23.2. The summed E-state index contributed by atoms with van der Waals surface area (Å²) in [6.07, 6.45) is 0.511. The maximum atomic E-state index is 12.1. The van der Waals surface area contributed by atoms with Gasteiger partial charge in [0.05, 0.1) is 5.41 Å². The topological polar surface area (TPSA) is 72.9 Å². The number of hydrogen-bond donors (Lipinski definition) is 2. The van der Waals surface area contributed by atoms with Crippen LogP contribution in [0.15, 0.2) is 0 Å². The Labute approximate surface area is 121 Å². The zero-order valence-electron chi connectivity index (χ0n) is 13.2. The van der Waals surface area contributed by atoms with Crippen molar-refractivity contribution in [3.63, 3.8) is 0 Å². The molecule has 0 spiro atoms. The summed E-state index contributed by atoms with van der Waals surface area (Å²) in [7, 11) is 4.00. The standard InChI is InChI=1S/C14H27N3O3/c1-13(2,9-16(4)5)8-15-12(20)17-7-6-14(3,10-17)11(18)19/h6-10H2,1-5H3,(H,15,20)(H,18,19). The maximum absolute atomic E-state index is 12.1. The van der Waals surface area contributed by atoms with Crippen molar-refractivity contribution >= 4 is 12.0 Å². The first-order valence-electron chi connectivity index (χ1n) is 6.97. The van der Waals surface area contributed by atoms with E-state index in [1.807, 2.05) is 14.1 Å². The van der Waals surface area contributed by atoms with Crippen LogP contribution in [0.1, 0.15) is 27.2 Å². The molecule has 1 saturated heterocycles. The second kappa shape index (κ2) is 5.99. The number of carboxylic acid groups (broad SMARTS) is 1. The molecule has 1 fully saturated rings.